The Morgan fingerprint density at radius 3 is 2.56 bits per heavy atom. The van der Waals surface area contributed by atoms with Crippen LogP contribution in [0.3, 0.4) is 0 Å². The van der Waals surface area contributed by atoms with E-state index in [-0.39, 0.29) is 42.5 Å². The van der Waals surface area contributed by atoms with Crippen molar-refractivity contribution in [2.24, 2.45) is 4.99 Å². The highest BCUT2D eigenvalue weighted by Crippen LogP contribution is 2.30. The molecule has 9 nitrogen and oxygen atoms in total. The van der Waals surface area contributed by atoms with Crippen molar-refractivity contribution in [3.05, 3.63) is 67.4 Å². The molecule has 0 unspecified atom stereocenters. The monoisotopic (exact) mass is 527 g/mol. The number of aryl methyl sites for hydroxylation is 1. The smallest absolute Gasteiger partial charge is 0.278 e. The molecule has 1 aromatic carbocycles. The van der Waals surface area contributed by atoms with Gasteiger partial charge in [0.05, 0.1) is 17.7 Å². The third kappa shape index (κ3) is 5.40. The predicted octanol–water partition coefficient (Wildman–Crippen LogP) is 3.46. The van der Waals surface area contributed by atoms with Crippen LogP contribution >= 0.6 is 11.6 Å². The Morgan fingerprint density at radius 1 is 1.08 bits per heavy atom. The maximum absolute atomic E-state index is 14.0. The van der Waals surface area contributed by atoms with Gasteiger partial charge in [0.2, 0.25) is 0 Å². The third-order valence-electron chi connectivity index (χ3n) is 5.73. The predicted molar refractivity (Wildman–Crippen MR) is 123 cm³/mol. The van der Waals surface area contributed by atoms with Gasteiger partial charge in [-0.2, -0.15) is 18.0 Å². The van der Waals surface area contributed by atoms with E-state index < -0.39 is 28.8 Å². The lowest BCUT2D eigenvalue weighted by Crippen LogP contribution is -2.41. The van der Waals surface area contributed by atoms with E-state index in [0.717, 1.165) is 29.5 Å². The molecule has 192 valence electrons. The molecule has 0 spiro atoms. The van der Waals surface area contributed by atoms with Crippen molar-refractivity contribution in [2.45, 2.75) is 64.8 Å². The quantitative estimate of drug-likeness (QED) is 0.397. The van der Waals surface area contributed by atoms with E-state index >= 15 is 0 Å². The van der Waals surface area contributed by atoms with Crippen LogP contribution in [0, 0.1) is 5.82 Å². The number of tetrazole rings is 1. The van der Waals surface area contributed by atoms with Crippen LogP contribution < -0.4 is 11.2 Å². The minimum Gasteiger partial charge on any atom is -0.278 e. The highest BCUT2D eigenvalue weighted by Gasteiger charge is 2.31. The normalized spacial score (nSPS) is 13.2. The summed E-state index contributed by atoms with van der Waals surface area (Å²) in [7, 11) is 0. The molecular formula is C22H22ClF4N7O2. The molecule has 1 aliphatic rings. The molecule has 0 aliphatic carbocycles. The number of benzene rings is 1. The van der Waals surface area contributed by atoms with Gasteiger partial charge in [-0.15, -0.1) is 10.2 Å². The minimum absolute atomic E-state index is 0.0386. The van der Waals surface area contributed by atoms with Crippen molar-refractivity contribution < 1.29 is 17.6 Å². The van der Waals surface area contributed by atoms with Gasteiger partial charge in [-0.05, 0) is 41.8 Å². The van der Waals surface area contributed by atoms with Gasteiger partial charge in [0.15, 0.2) is 5.82 Å². The van der Waals surface area contributed by atoms with E-state index in [0.29, 0.717) is 30.4 Å². The molecule has 0 fully saturated rings. The van der Waals surface area contributed by atoms with E-state index in [4.69, 9.17) is 11.6 Å². The zero-order valence-corrected chi connectivity index (χ0v) is 20.0. The molecular weight excluding hydrogens is 506 g/mol. The number of aliphatic imine (C=N–C) groups is 1. The molecule has 0 saturated heterocycles. The second kappa shape index (κ2) is 10.3. The Morgan fingerprint density at radius 2 is 1.83 bits per heavy atom. The van der Waals surface area contributed by atoms with Gasteiger partial charge in [0, 0.05) is 25.9 Å². The van der Waals surface area contributed by atoms with Gasteiger partial charge in [-0.3, -0.25) is 13.9 Å². The number of unbranched alkanes of at least 4 members (excludes halogenated alkanes) is 1. The number of aromatic nitrogens is 6. The van der Waals surface area contributed by atoms with Gasteiger partial charge in [-0.1, -0.05) is 24.9 Å². The molecule has 3 heterocycles. The summed E-state index contributed by atoms with van der Waals surface area (Å²) >= 11 is 6.03. The van der Waals surface area contributed by atoms with Gasteiger partial charge in [0.25, 0.3) is 5.56 Å². The Labute approximate surface area is 207 Å². The molecule has 2 aromatic heterocycles. The first kappa shape index (κ1) is 25.7. The lowest BCUT2D eigenvalue weighted by molar-refractivity contribution is -0.137. The number of fused-ring (bicyclic) bond motifs is 1. The summed E-state index contributed by atoms with van der Waals surface area (Å²) in [6.45, 7) is 2.64. The minimum atomic E-state index is -4.60. The second-order valence-electron chi connectivity index (χ2n) is 8.35. The van der Waals surface area contributed by atoms with Crippen LogP contribution in [0.4, 0.5) is 23.4 Å². The summed E-state index contributed by atoms with van der Waals surface area (Å²) in [5.74, 6) is -0.459. The molecule has 0 radical (unpaired) electrons. The SMILES string of the molecule is CCCCn1c2c(c(=O)n(CCCn3nnc(Cc4cc(C(F)(F)F)ccc4F)n3)c1=O)CC(Cl)=N2. The van der Waals surface area contributed by atoms with E-state index in [2.05, 4.69) is 20.4 Å². The topological polar surface area (TPSA) is 100.0 Å². The third-order valence-corrected chi connectivity index (χ3v) is 5.95. The van der Waals surface area contributed by atoms with Crippen LogP contribution in [0.25, 0.3) is 0 Å². The summed E-state index contributed by atoms with van der Waals surface area (Å²) in [5, 5.41) is 11.9. The Balaban J connectivity index is 1.46. The lowest BCUT2D eigenvalue weighted by Gasteiger charge is -2.13. The maximum atomic E-state index is 14.0. The van der Waals surface area contributed by atoms with Crippen LogP contribution in [-0.2, 0) is 38.7 Å². The molecule has 0 bridgehead atoms. The summed E-state index contributed by atoms with van der Waals surface area (Å²) < 4.78 is 55.4. The molecule has 14 heteroatoms. The standard InChI is InChI=1S/C22H22ClF4N7O2/c1-2-3-7-32-19-15(12-17(23)28-19)20(35)33(21(32)36)8-4-9-34-30-18(29-31-34)11-13-10-14(22(25,26)27)5-6-16(13)24/h5-6,10H,2-4,7-9,11-12H2,1H3. The summed E-state index contributed by atoms with van der Waals surface area (Å²) in [5.41, 5.74) is -1.73. The fourth-order valence-corrected chi connectivity index (χ4v) is 4.13. The number of hydrogen-bond acceptors (Lipinski definition) is 6. The first-order chi connectivity index (χ1) is 17.1. The van der Waals surface area contributed by atoms with E-state index in [9.17, 15) is 27.2 Å². The highest BCUT2D eigenvalue weighted by molar-refractivity contribution is 6.66. The number of nitrogens with zero attached hydrogens (tertiary/aromatic N) is 7. The van der Waals surface area contributed by atoms with Crippen molar-refractivity contribution in [1.82, 2.24) is 29.3 Å². The zero-order valence-electron chi connectivity index (χ0n) is 19.2. The first-order valence-electron chi connectivity index (χ1n) is 11.3. The fourth-order valence-electron chi connectivity index (χ4n) is 3.91. The van der Waals surface area contributed by atoms with Gasteiger partial charge in [0.1, 0.15) is 16.8 Å². The highest BCUT2D eigenvalue weighted by atomic mass is 35.5. The Hall–Kier alpha value is -3.35. The number of alkyl halides is 3. The fraction of sp³-hybridized carbons (Fsp3) is 0.455. The van der Waals surface area contributed by atoms with Gasteiger partial charge in [-0.25, -0.2) is 14.2 Å². The van der Waals surface area contributed by atoms with Gasteiger partial charge < -0.3 is 0 Å². The van der Waals surface area contributed by atoms with Crippen molar-refractivity contribution in [3.63, 3.8) is 0 Å². The summed E-state index contributed by atoms with van der Waals surface area (Å²) in [6, 6.07) is 2.14. The zero-order chi connectivity index (χ0) is 26.0. The van der Waals surface area contributed by atoms with Crippen LogP contribution in [0.2, 0.25) is 0 Å². The molecule has 0 atom stereocenters. The summed E-state index contributed by atoms with van der Waals surface area (Å²) in [4.78, 5) is 31.2. The van der Waals surface area contributed by atoms with Gasteiger partial charge >= 0.3 is 11.9 Å². The lowest BCUT2D eigenvalue weighted by atomic mass is 10.1. The Kier molecular flexibility index (Phi) is 7.38. The largest absolute Gasteiger partial charge is 0.416 e. The van der Waals surface area contributed by atoms with E-state index in [1.54, 1.807) is 0 Å². The maximum Gasteiger partial charge on any atom is 0.416 e. The van der Waals surface area contributed by atoms with Crippen molar-refractivity contribution in [1.29, 1.82) is 0 Å². The molecule has 1 aliphatic heterocycles. The molecule has 0 saturated carbocycles. The van der Waals surface area contributed by atoms with Crippen molar-refractivity contribution in [2.75, 3.05) is 0 Å². The Bertz CT molecular complexity index is 1430. The summed E-state index contributed by atoms with van der Waals surface area (Å²) in [6.07, 6.45) is -2.83. The van der Waals surface area contributed by atoms with Crippen molar-refractivity contribution in [3.8, 4) is 0 Å². The molecule has 36 heavy (non-hydrogen) atoms. The number of rotatable bonds is 9. The second-order valence-corrected chi connectivity index (χ2v) is 8.78. The van der Waals surface area contributed by atoms with Crippen molar-refractivity contribution >= 4 is 22.6 Å². The molecule has 0 amide bonds. The van der Waals surface area contributed by atoms with Crippen LogP contribution in [0.5, 0.6) is 0 Å². The number of hydrogen-bond donors (Lipinski definition) is 0. The van der Waals surface area contributed by atoms with E-state index in [1.165, 1.54) is 9.36 Å². The van der Waals surface area contributed by atoms with E-state index in [1.807, 2.05) is 6.92 Å². The first-order valence-corrected chi connectivity index (χ1v) is 11.7. The van der Waals surface area contributed by atoms with Crippen LogP contribution in [0.1, 0.15) is 48.7 Å². The average Bonchev–Trinajstić information content (AvgIpc) is 3.43. The van der Waals surface area contributed by atoms with Crippen LogP contribution in [0.15, 0.2) is 32.8 Å². The number of halogens is 5. The van der Waals surface area contributed by atoms with Crippen LogP contribution in [-0.4, -0.2) is 34.5 Å². The molecule has 0 N–H and O–H groups in total. The molecule has 4 rings (SSSR count). The molecule has 3 aromatic rings. The average molecular weight is 528 g/mol.